The summed E-state index contributed by atoms with van der Waals surface area (Å²) in [5.41, 5.74) is 1.18. The zero-order valence-electron chi connectivity index (χ0n) is 12.8. The first-order valence-corrected chi connectivity index (χ1v) is 8.73. The fourth-order valence-electron chi connectivity index (χ4n) is 2.74. The fourth-order valence-corrected chi connectivity index (χ4v) is 3.09. The lowest BCUT2D eigenvalue weighted by Crippen LogP contribution is -2.39. The Kier molecular flexibility index (Phi) is 5.25. The van der Waals surface area contributed by atoms with Gasteiger partial charge in [-0.1, -0.05) is 18.2 Å². The minimum absolute atomic E-state index is 0.127. The number of nitrogens with one attached hydrogen (secondary N) is 1. The summed E-state index contributed by atoms with van der Waals surface area (Å²) in [6.07, 6.45) is 0.594. The second-order valence-electron chi connectivity index (χ2n) is 5.60. The lowest BCUT2D eigenvalue weighted by Gasteiger charge is -2.15. The van der Waals surface area contributed by atoms with Gasteiger partial charge in [-0.15, -0.1) is 0 Å². The summed E-state index contributed by atoms with van der Waals surface area (Å²) in [5, 5.41) is 3.07. The number of nitrogens with zero attached hydrogens (tertiary/aromatic N) is 1. The Morgan fingerprint density at radius 2 is 1.83 bits per heavy atom. The molecule has 1 fully saturated rings. The van der Waals surface area contributed by atoms with E-state index in [0.29, 0.717) is 24.2 Å². The first-order chi connectivity index (χ1) is 11.6. The van der Waals surface area contributed by atoms with E-state index in [0.717, 1.165) is 3.57 Å². The third-order valence-electron chi connectivity index (χ3n) is 3.97. The molecule has 1 aliphatic rings. The third kappa shape index (κ3) is 3.64. The van der Waals surface area contributed by atoms with Crippen molar-refractivity contribution in [3.8, 4) is 0 Å². The Labute approximate surface area is 153 Å². The van der Waals surface area contributed by atoms with E-state index in [2.05, 4.69) is 27.9 Å². The highest BCUT2D eigenvalue weighted by molar-refractivity contribution is 14.1. The van der Waals surface area contributed by atoms with Gasteiger partial charge in [-0.2, -0.15) is 0 Å². The smallest absolute Gasteiger partial charge is 0.251 e. The molecule has 1 heterocycles. The monoisotopic (exact) mass is 438 g/mol. The van der Waals surface area contributed by atoms with Gasteiger partial charge in [0.1, 0.15) is 5.82 Å². The van der Waals surface area contributed by atoms with Crippen molar-refractivity contribution in [2.45, 2.75) is 18.9 Å². The van der Waals surface area contributed by atoms with Crippen molar-refractivity contribution in [3.05, 3.63) is 63.5 Å². The van der Waals surface area contributed by atoms with Gasteiger partial charge in [-0.3, -0.25) is 9.59 Å². The van der Waals surface area contributed by atoms with E-state index in [-0.39, 0.29) is 24.1 Å². The van der Waals surface area contributed by atoms with Crippen LogP contribution in [-0.2, 0) is 16.0 Å². The standard InChI is InChI=1S/C18H16FIN2O2/c19-15-4-2-1-3-12(15)9-10-21-16-11-17(23)22(18(16)24)14-7-5-13(20)6-8-14/h1-8,16,21H,9-11H2/t16-/m1/s1. The molecule has 1 atom stereocenters. The molecule has 1 N–H and O–H groups in total. The number of halogens is 2. The maximum absolute atomic E-state index is 13.6. The second kappa shape index (κ2) is 7.40. The van der Waals surface area contributed by atoms with Gasteiger partial charge in [0, 0.05) is 10.1 Å². The topological polar surface area (TPSA) is 49.4 Å². The molecule has 0 aromatic heterocycles. The summed E-state index contributed by atoms with van der Waals surface area (Å²) in [6.45, 7) is 0.436. The second-order valence-corrected chi connectivity index (χ2v) is 6.84. The van der Waals surface area contributed by atoms with E-state index in [1.54, 1.807) is 30.3 Å². The van der Waals surface area contributed by atoms with Gasteiger partial charge in [-0.25, -0.2) is 9.29 Å². The molecule has 1 aliphatic heterocycles. The van der Waals surface area contributed by atoms with Crippen LogP contribution in [0.25, 0.3) is 0 Å². The first-order valence-electron chi connectivity index (χ1n) is 7.65. The summed E-state index contributed by atoms with van der Waals surface area (Å²) in [5.74, 6) is -0.729. The van der Waals surface area contributed by atoms with Crippen LogP contribution in [0.5, 0.6) is 0 Å². The number of hydrogen-bond acceptors (Lipinski definition) is 3. The summed E-state index contributed by atoms with van der Waals surface area (Å²) >= 11 is 2.17. The summed E-state index contributed by atoms with van der Waals surface area (Å²) in [6, 6.07) is 13.2. The summed E-state index contributed by atoms with van der Waals surface area (Å²) in [4.78, 5) is 25.9. The zero-order chi connectivity index (χ0) is 17.1. The Hall–Kier alpha value is -1.80. The van der Waals surface area contributed by atoms with Crippen LogP contribution in [-0.4, -0.2) is 24.4 Å². The molecule has 24 heavy (non-hydrogen) atoms. The average molecular weight is 438 g/mol. The van der Waals surface area contributed by atoms with Crippen LogP contribution in [0, 0.1) is 9.39 Å². The van der Waals surface area contributed by atoms with Crippen LogP contribution < -0.4 is 10.2 Å². The van der Waals surface area contributed by atoms with Gasteiger partial charge < -0.3 is 5.32 Å². The van der Waals surface area contributed by atoms with Crippen molar-refractivity contribution in [2.24, 2.45) is 0 Å². The molecule has 0 aliphatic carbocycles. The molecule has 3 rings (SSSR count). The van der Waals surface area contributed by atoms with Crippen LogP contribution in [0.15, 0.2) is 48.5 Å². The highest BCUT2D eigenvalue weighted by atomic mass is 127. The molecule has 2 amide bonds. The van der Waals surface area contributed by atoms with Crippen molar-refractivity contribution < 1.29 is 14.0 Å². The van der Waals surface area contributed by atoms with Crippen LogP contribution in [0.3, 0.4) is 0 Å². The van der Waals surface area contributed by atoms with E-state index in [9.17, 15) is 14.0 Å². The SMILES string of the molecule is O=C1C[C@@H](NCCc2ccccc2F)C(=O)N1c1ccc(I)cc1. The van der Waals surface area contributed by atoms with E-state index in [1.807, 2.05) is 12.1 Å². The molecule has 0 radical (unpaired) electrons. The van der Waals surface area contributed by atoms with E-state index in [4.69, 9.17) is 0 Å². The number of anilines is 1. The van der Waals surface area contributed by atoms with E-state index < -0.39 is 6.04 Å². The van der Waals surface area contributed by atoms with E-state index in [1.165, 1.54) is 11.0 Å². The maximum atomic E-state index is 13.6. The Morgan fingerprint density at radius 1 is 1.12 bits per heavy atom. The number of carbonyl (C=O) groups excluding carboxylic acids is 2. The predicted octanol–water partition coefficient (Wildman–Crippen LogP) is 2.89. The molecular weight excluding hydrogens is 422 g/mol. The molecule has 4 nitrogen and oxygen atoms in total. The van der Waals surface area contributed by atoms with Gasteiger partial charge in [0.05, 0.1) is 18.2 Å². The van der Waals surface area contributed by atoms with Crippen molar-refractivity contribution in [2.75, 3.05) is 11.4 Å². The quantitative estimate of drug-likeness (QED) is 0.577. The number of carbonyl (C=O) groups is 2. The zero-order valence-corrected chi connectivity index (χ0v) is 15.0. The van der Waals surface area contributed by atoms with Crippen molar-refractivity contribution in [1.82, 2.24) is 5.32 Å². The van der Waals surface area contributed by atoms with Crippen LogP contribution in [0.4, 0.5) is 10.1 Å². The van der Waals surface area contributed by atoms with Gasteiger partial charge in [0.2, 0.25) is 5.91 Å². The Morgan fingerprint density at radius 3 is 2.54 bits per heavy atom. The van der Waals surface area contributed by atoms with Crippen LogP contribution in [0.2, 0.25) is 0 Å². The minimum Gasteiger partial charge on any atom is -0.305 e. The van der Waals surface area contributed by atoms with Crippen molar-refractivity contribution >= 4 is 40.1 Å². The number of amides is 2. The van der Waals surface area contributed by atoms with Crippen molar-refractivity contribution in [1.29, 1.82) is 0 Å². The lowest BCUT2D eigenvalue weighted by atomic mass is 10.1. The summed E-state index contributed by atoms with van der Waals surface area (Å²) in [7, 11) is 0. The van der Waals surface area contributed by atoms with Gasteiger partial charge >= 0.3 is 0 Å². The molecule has 0 unspecified atom stereocenters. The maximum Gasteiger partial charge on any atom is 0.251 e. The molecular formula is C18H16FIN2O2. The normalized spacial score (nSPS) is 17.6. The fraction of sp³-hybridized carbons (Fsp3) is 0.222. The number of rotatable bonds is 5. The van der Waals surface area contributed by atoms with Crippen LogP contribution >= 0.6 is 22.6 Å². The third-order valence-corrected chi connectivity index (χ3v) is 4.69. The average Bonchev–Trinajstić information content (AvgIpc) is 2.84. The highest BCUT2D eigenvalue weighted by Crippen LogP contribution is 2.23. The molecule has 0 bridgehead atoms. The molecule has 124 valence electrons. The Balaban J connectivity index is 1.62. The first kappa shape index (κ1) is 17.0. The van der Waals surface area contributed by atoms with Gasteiger partial charge in [0.15, 0.2) is 0 Å². The predicted molar refractivity (Wildman–Crippen MR) is 98.2 cm³/mol. The molecule has 2 aromatic carbocycles. The van der Waals surface area contributed by atoms with Crippen molar-refractivity contribution in [3.63, 3.8) is 0 Å². The molecule has 1 saturated heterocycles. The number of imide groups is 1. The van der Waals surface area contributed by atoms with Crippen LogP contribution in [0.1, 0.15) is 12.0 Å². The highest BCUT2D eigenvalue weighted by Gasteiger charge is 2.39. The number of benzene rings is 2. The molecule has 2 aromatic rings. The minimum atomic E-state index is -0.552. The molecule has 6 heteroatoms. The lowest BCUT2D eigenvalue weighted by molar-refractivity contribution is -0.121. The summed E-state index contributed by atoms with van der Waals surface area (Å²) < 4.78 is 14.6. The number of hydrogen-bond donors (Lipinski definition) is 1. The molecule has 0 saturated carbocycles. The van der Waals surface area contributed by atoms with Gasteiger partial charge in [-0.05, 0) is 64.9 Å². The molecule has 0 spiro atoms. The van der Waals surface area contributed by atoms with Gasteiger partial charge in [0.25, 0.3) is 5.91 Å². The van der Waals surface area contributed by atoms with E-state index >= 15 is 0 Å². The largest absolute Gasteiger partial charge is 0.305 e. The Bertz CT molecular complexity index is 764.